The van der Waals surface area contributed by atoms with Crippen LogP contribution in [0, 0.1) is 0 Å². The number of anilines is 1. The first-order valence-electron chi connectivity index (χ1n) is 9.53. The van der Waals surface area contributed by atoms with Crippen molar-refractivity contribution in [2.24, 2.45) is 0 Å². The zero-order valence-corrected chi connectivity index (χ0v) is 15.7. The molecule has 0 radical (unpaired) electrons. The SMILES string of the molecule is CC(Oc1ccc2c(c1)CCCNC2=O)C(=O)N1c2ccccc2CC1C. The number of nitrogens with one attached hydrogen (secondary N) is 1. The van der Waals surface area contributed by atoms with Gasteiger partial charge in [0.25, 0.3) is 11.8 Å². The smallest absolute Gasteiger partial charge is 0.268 e. The van der Waals surface area contributed by atoms with E-state index in [4.69, 9.17) is 4.74 Å². The minimum Gasteiger partial charge on any atom is -0.481 e. The summed E-state index contributed by atoms with van der Waals surface area (Å²) in [6.07, 6.45) is 1.99. The topological polar surface area (TPSA) is 58.6 Å². The molecule has 0 aliphatic carbocycles. The molecule has 0 aromatic heterocycles. The second-order valence-electron chi connectivity index (χ2n) is 7.33. The highest BCUT2D eigenvalue weighted by Gasteiger charge is 2.34. The Labute approximate surface area is 159 Å². The van der Waals surface area contributed by atoms with E-state index in [0.717, 1.165) is 30.5 Å². The predicted molar refractivity (Wildman–Crippen MR) is 104 cm³/mol. The van der Waals surface area contributed by atoms with Gasteiger partial charge in [-0.25, -0.2) is 0 Å². The molecule has 2 aliphatic rings. The third-order valence-corrected chi connectivity index (χ3v) is 5.34. The van der Waals surface area contributed by atoms with Crippen LogP contribution in [0.1, 0.15) is 41.8 Å². The van der Waals surface area contributed by atoms with Crippen molar-refractivity contribution in [3.63, 3.8) is 0 Å². The van der Waals surface area contributed by atoms with Gasteiger partial charge in [-0.15, -0.1) is 0 Å². The summed E-state index contributed by atoms with van der Waals surface area (Å²) in [6, 6.07) is 13.6. The number of carbonyl (C=O) groups is 2. The highest BCUT2D eigenvalue weighted by atomic mass is 16.5. The molecule has 0 bridgehead atoms. The molecule has 2 amide bonds. The van der Waals surface area contributed by atoms with Gasteiger partial charge in [-0.3, -0.25) is 9.59 Å². The van der Waals surface area contributed by atoms with E-state index in [0.29, 0.717) is 17.9 Å². The van der Waals surface area contributed by atoms with Crippen LogP contribution in [-0.4, -0.2) is 30.5 Å². The van der Waals surface area contributed by atoms with Gasteiger partial charge in [0, 0.05) is 23.8 Å². The Morgan fingerprint density at radius 3 is 2.89 bits per heavy atom. The van der Waals surface area contributed by atoms with Crippen LogP contribution in [0.3, 0.4) is 0 Å². The summed E-state index contributed by atoms with van der Waals surface area (Å²) in [5, 5.41) is 2.89. The maximum absolute atomic E-state index is 13.1. The zero-order chi connectivity index (χ0) is 19.0. The summed E-state index contributed by atoms with van der Waals surface area (Å²) < 4.78 is 5.97. The van der Waals surface area contributed by atoms with Crippen LogP contribution in [0.5, 0.6) is 5.75 Å². The summed E-state index contributed by atoms with van der Waals surface area (Å²) in [4.78, 5) is 27.0. The van der Waals surface area contributed by atoms with E-state index in [2.05, 4.69) is 18.3 Å². The number of ether oxygens (including phenoxy) is 1. The molecule has 0 spiro atoms. The van der Waals surface area contributed by atoms with Crippen molar-refractivity contribution < 1.29 is 14.3 Å². The number of hydrogen-bond donors (Lipinski definition) is 1. The second kappa shape index (κ2) is 7.06. The molecule has 0 saturated heterocycles. The van der Waals surface area contributed by atoms with Crippen LogP contribution in [0.2, 0.25) is 0 Å². The van der Waals surface area contributed by atoms with E-state index in [-0.39, 0.29) is 17.9 Å². The highest BCUT2D eigenvalue weighted by Crippen LogP contribution is 2.33. The van der Waals surface area contributed by atoms with Gasteiger partial charge in [-0.05, 0) is 68.5 Å². The number of para-hydroxylation sites is 1. The fraction of sp³-hybridized carbons (Fsp3) is 0.364. The van der Waals surface area contributed by atoms with Gasteiger partial charge < -0.3 is 15.0 Å². The van der Waals surface area contributed by atoms with Gasteiger partial charge in [0.05, 0.1) is 0 Å². The maximum Gasteiger partial charge on any atom is 0.268 e. The molecule has 5 heteroatoms. The molecule has 2 heterocycles. The molecule has 5 nitrogen and oxygen atoms in total. The van der Waals surface area contributed by atoms with Crippen LogP contribution in [0.4, 0.5) is 5.69 Å². The second-order valence-corrected chi connectivity index (χ2v) is 7.33. The Hall–Kier alpha value is -2.82. The van der Waals surface area contributed by atoms with Crippen molar-refractivity contribution in [1.29, 1.82) is 0 Å². The van der Waals surface area contributed by atoms with Crippen LogP contribution < -0.4 is 15.0 Å². The van der Waals surface area contributed by atoms with E-state index < -0.39 is 6.10 Å². The third-order valence-electron chi connectivity index (χ3n) is 5.34. The van der Waals surface area contributed by atoms with Crippen molar-refractivity contribution in [3.05, 3.63) is 59.2 Å². The van der Waals surface area contributed by atoms with Gasteiger partial charge >= 0.3 is 0 Å². The molecule has 140 valence electrons. The average Bonchev–Trinajstić information content (AvgIpc) is 2.88. The van der Waals surface area contributed by atoms with Crippen molar-refractivity contribution >= 4 is 17.5 Å². The highest BCUT2D eigenvalue weighted by molar-refractivity contribution is 5.99. The first-order valence-corrected chi connectivity index (χ1v) is 9.53. The summed E-state index contributed by atoms with van der Waals surface area (Å²) >= 11 is 0. The average molecular weight is 364 g/mol. The van der Waals surface area contributed by atoms with Gasteiger partial charge in [0.1, 0.15) is 5.75 Å². The molecule has 2 aliphatic heterocycles. The van der Waals surface area contributed by atoms with Gasteiger partial charge in [-0.2, -0.15) is 0 Å². The van der Waals surface area contributed by atoms with E-state index in [9.17, 15) is 9.59 Å². The lowest BCUT2D eigenvalue weighted by atomic mass is 10.0. The Kier molecular flexibility index (Phi) is 4.60. The van der Waals surface area contributed by atoms with Gasteiger partial charge in [0.15, 0.2) is 6.10 Å². The van der Waals surface area contributed by atoms with E-state index in [1.807, 2.05) is 29.2 Å². The lowest BCUT2D eigenvalue weighted by Gasteiger charge is -2.26. The van der Waals surface area contributed by atoms with E-state index in [1.54, 1.807) is 19.1 Å². The molecule has 2 atom stereocenters. The van der Waals surface area contributed by atoms with Gasteiger partial charge in [0.2, 0.25) is 0 Å². The fourth-order valence-corrected chi connectivity index (χ4v) is 4.00. The number of nitrogens with zero attached hydrogens (tertiary/aromatic N) is 1. The first-order chi connectivity index (χ1) is 13.0. The third kappa shape index (κ3) is 3.29. The molecule has 2 aromatic carbocycles. The molecule has 4 rings (SSSR count). The van der Waals surface area contributed by atoms with Crippen molar-refractivity contribution in [2.75, 3.05) is 11.4 Å². The Balaban J connectivity index is 1.53. The molecule has 2 aromatic rings. The number of carbonyl (C=O) groups excluding carboxylic acids is 2. The standard InChI is InChI=1S/C22H24N2O3/c1-14-12-17-6-3-4-8-20(17)24(14)22(26)15(2)27-18-9-10-19-16(13-18)7-5-11-23-21(19)25/h3-4,6,8-10,13-15H,5,7,11-12H2,1-2H3,(H,23,25). The van der Waals surface area contributed by atoms with Crippen molar-refractivity contribution in [3.8, 4) is 5.75 Å². The van der Waals surface area contributed by atoms with E-state index in [1.165, 1.54) is 5.56 Å². The van der Waals surface area contributed by atoms with Crippen LogP contribution in [0.15, 0.2) is 42.5 Å². The summed E-state index contributed by atoms with van der Waals surface area (Å²) in [5.41, 5.74) is 3.84. The largest absolute Gasteiger partial charge is 0.481 e. The number of benzene rings is 2. The number of aryl methyl sites for hydroxylation is 1. The predicted octanol–water partition coefficient (Wildman–Crippen LogP) is 3.11. The molecule has 0 saturated carbocycles. The minimum atomic E-state index is -0.601. The zero-order valence-electron chi connectivity index (χ0n) is 15.7. The summed E-state index contributed by atoms with van der Waals surface area (Å²) in [6.45, 7) is 4.53. The first kappa shape index (κ1) is 17.6. The Morgan fingerprint density at radius 1 is 1.22 bits per heavy atom. The maximum atomic E-state index is 13.1. The number of amides is 2. The Morgan fingerprint density at radius 2 is 2.04 bits per heavy atom. The van der Waals surface area contributed by atoms with Crippen molar-refractivity contribution in [2.45, 2.75) is 45.3 Å². The number of rotatable bonds is 3. The molecule has 0 fully saturated rings. The molecule has 1 N–H and O–H groups in total. The van der Waals surface area contributed by atoms with Crippen LogP contribution in [0.25, 0.3) is 0 Å². The lowest BCUT2D eigenvalue weighted by molar-refractivity contribution is -0.124. The molecule has 27 heavy (non-hydrogen) atoms. The van der Waals surface area contributed by atoms with Crippen LogP contribution in [-0.2, 0) is 17.6 Å². The molecule has 2 unspecified atom stereocenters. The Bertz CT molecular complexity index is 893. The number of fused-ring (bicyclic) bond motifs is 2. The minimum absolute atomic E-state index is 0.0410. The fourth-order valence-electron chi connectivity index (χ4n) is 4.00. The van der Waals surface area contributed by atoms with Crippen LogP contribution >= 0.6 is 0 Å². The number of hydrogen-bond acceptors (Lipinski definition) is 3. The summed E-state index contributed by atoms with van der Waals surface area (Å²) in [5.74, 6) is 0.547. The molecular formula is C22H24N2O3. The van der Waals surface area contributed by atoms with Crippen molar-refractivity contribution in [1.82, 2.24) is 5.32 Å². The lowest BCUT2D eigenvalue weighted by Crippen LogP contribution is -2.43. The monoisotopic (exact) mass is 364 g/mol. The summed E-state index contributed by atoms with van der Waals surface area (Å²) in [7, 11) is 0. The quantitative estimate of drug-likeness (QED) is 0.910. The normalized spacial score (nSPS) is 19.6. The molecular weight excluding hydrogens is 340 g/mol. The van der Waals surface area contributed by atoms with E-state index >= 15 is 0 Å². The van der Waals surface area contributed by atoms with Gasteiger partial charge in [-0.1, -0.05) is 18.2 Å².